The number of carbonyl (C=O) groups excluding carboxylic acids is 1. The molecule has 0 saturated heterocycles. The van der Waals surface area contributed by atoms with Crippen LogP contribution in [0.3, 0.4) is 0 Å². The molecule has 0 aromatic heterocycles. The van der Waals surface area contributed by atoms with E-state index in [4.69, 9.17) is 4.74 Å². The predicted molar refractivity (Wildman–Crippen MR) is 78.8 cm³/mol. The second-order valence-corrected chi connectivity index (χ2v) is 5.68. The van der Waals surface area contributed by atoms with Gasteiger partial charge in [-0.05, 0) is 55.7 Å². The summed E-state index contributed by atoms with van der Waals surface area (Å²) in [6.45, 7) is 6.91. The van der Waals surface area contributed by atoms with Crippen molar-refractivity contribution < 1.29 is 9.53 Å². The van der Waals surface area contributed by atoms with Crippen LogP contribution >= 0.6 is 11.8 Å². The van der Waals surface area contributed by atoms with Crippen molar-refractivity contribution in [2.45, 2.75) is 27.2 Å². The standard InChI is InChI=1S/C15H22O2S/c1-11-8-13(3)14(9-12(11)2)15(16)10-18-7-5-6-17-4/h8-9H,5-7,10H2,1-4H3. The molecule has 0 N–H and O–H groups in total. The Morgan fingerprint density at radius 1 is 1.17 bits per heavy atom. The Bertz CT molecular complexity index is 413. The van der Waals surface area contributed by atoms with Gasteiger partial charge in [0.2, 0.25) is 0 Å². The summed E-state index contributed by atoms with van der Waals surface area (Å²) >= 11 is 1.69. The van der Waals surface area contributed by atoms with Crippen LogP contribution in [0.25, 0.3) is 0 Å². The second kappa shape index (κ2) is 7.59. The Morgan fingerprint density at radius 3 is 2.50 bits per heavy atom. The third kappa shape index (κ3) is 4.46. The molecule has 0 amide bonds. The summed E-state index contributed by atoms with van der Waals surface area (Å²) in [5.41, 5.74) is 4.39. The molecule has 100 valence electrons. The lowest BCUT2D eigenvalue weighted by atomic mass is 9.99. The predicted octanol–water partition coefficient (Wildman–Crippen LogP) is 3.56. The van der Waals surface area contributed by atoms with Gasteiger partial charge >= 0.3 is 0 Å². The maximum absolute atomic E-state index is 12.1. The molecule has 3 heteroatoms. The minimum atomic E-state index is 0.234. The topological polar surface area (TPSA) is 26.3 Å². The van der Waals surface area contributed by atoms with Crippen LogP contribution in [0.1, 0.15) is 33.5 Å². The van der Waals surface area contributed by atoms with E-state index in [9.17, 15) is 4.79 Å². The molecule has 0 radical (unpaired) electrons. The zero-order chi connectivity index (χ0) is 13.5. The number of methoxy groups -OCH3 is 1. The first-order chi connectivity index (χ1) is 8.56. The average molecular weight is 266 g/mol. The van der Waals surface area contributed by atoms with Crippen LogP contribution in [0.15, 0.2) is 12.1 Å². The highest BCUT2D eigenvalue weighted by molar-refractivity contribution is 7.99. The van der Waals surface area contributed by atoms with Gasteiger partial charge in [0.25, 0.3) is 0 Å². The third-order valence-corrected chi connectivity index (χ3v) is 4.06. The summed E-state index contributed by atoms with van der Waals surface area (Å²) in [7, 11) is 1.70. The summed E-state index contributed by atoms with van der Waals surface area (Å²) in [6.07, 6.45) is 1.00. The molecular formula is C15H22O2S. The first-order valence-corrected chi connectivity index (χ1v) is 7.39. The number of carbonyl (C=O) groups is 1. The number of thioether (sulfide) groups is 1. The highest BCUT2D eigenvalue weighted by Crippen LogP contribution is 2.17. The maximum atomic E-state index is 12.1. The SMILES string of the molecule is COCCCSCC(=O)c1cc(C)c(C)cc1C. The Balaban J connectivity index is 2.54. The highest BCUT2D eigenvalue weighted by Gasteiger charge is 2.10. The number of rotatable bonds is 7. The molecule has 1 aromatic rings. The van der Waals surface area contributed by atoms with E-state index in [0.717, 1.165) is 29.9 Å². The first kappa shape index (κ1) is 15.3. The lowest BCUT2D eigenvalue weighted by Gasteiger charge is -2.09. The summed E-state index contributed by atoms with van der Waals surface area (Å²) in [6, 6.07) is 4.11. The summed E-state index contributed by atoms with van der Waals surface area (Å²) < 4.78 is 4.98. The maximum Gasteiger partial charge on any atom is 0.172 e. The minimum Gasteiger partial charge on any atom is -0.385 e. The van der Waals surface area contributed by atoms with Crippen LogP contribution in [0.4, 0.5) is 0 Å². The Labute approximate surface area is 114 Å². The van der Waals surface area contributed by atoms with Crippen LogP contribution in [-0.4, -0.2) is 31.0 Å². The van der Waals surface area contributed by atoms with E-state index in [1.165, 1.54) is 11.1 Å². The van der Waals surface area contributed by atoms with E-state index in [1.807, 2.05) is 13.0 Å². The van der Waals surface area contributed by atoms with Gasteiger partial charge in [-0.1, -0.05) is 6.07 Å². The van der Waals surface area contributed by atoms with Gasteiger partial charge in [-0.3, -0.25) is 4.79 Å². The van der Waals surface area contributed by atoms with Crippen molar-refractivity contribution in [1.82, 2.24) is 0 Å². The lowest BCUT2D eigenvalue weighted by molar-refractivity contribution is 0.102. The number of hydrogen-bond donors (Lipinski definition) is 0. The molecule has 0 aliphatic rings. The second-order valence-electron chi connectivity index (χ2n) is 4.57. The van der Waals surface area contributed by atoms with Gasteiger partial charge in [0.05, 0.1) is 5.75 Å². The number of ether oxygens (including phenoxy) is 1. The Morgan fingerprint density at radius 2 is 1.83 bits per heavy atom. The zero-order valence-electron chi connectivity index (χ0n) is 11.7. The lowest BCUT2D eigenvalue weighted by Crippen LogP contribution is -2.07. The molecule has 0 aliphatic heterocycles. The molecule has 1 rings (SSSR count). The summed E-state index contributed by atoms with van der Waals surface area (Å²) in [4.78, 5) is 12.1. The van der Waals surface area contributed by atoms with Crippen LogP contribution < -0.4 is 0 Å². The van der Waals surface area contributed by atoms with Crippen molar-refractivity contribution in [2.24, 2.45) is 0 Å². The summed E-state index contributed by atoms with van der Waals surface area (Å²) in [5, 5.41) is 0. The molecule has 0 fully saturated rings. The average Bonchev–Trinajstić information content (AvgIpc) is 2.33. The number of ketones is 1. The van der Waals surface area contributed by atoms with Gasteiger partial charge in [0, 0.05) is 19.3 Å². The largest absolute Gasteiger partial charge is 0.385 e. The van der Waals surface area contributed by atoms with Crippen LogP contribution in [0.2, 0.25) is 0 Å². The molecule has 0 saturated carbocycles. The number of aryl methyl sites for hydroxylation is 3. The normalized spacial score (nSPS) is 10.7. The monoisotopic (exact) mass is 266 g/mol. The smallest absolute Gasteiger partial charge is 0.172 e. The third-order valence-electron chi connectivity index (χ3n) is 3.01. The minimum absolute atomic E-state index is 0.234. The van der Waals surface area contributed by atoms with Crippen LogP contribution in [-0.2, 0) is 4.74 Å². The molecule has 18 heavy (non-hydrogen) atoms. The fourth-order valence-electron chi connectivity index (χ4n) is 1.81. The van der Waals surface area contributed by atoms with Gasteiger partial charge in [-0.25, -0.2) is 0 Å². The van der Waals surface area contributed by atoms with Crippen molar-refractivity contribution in [3.05, 3.63) is 34.4 Å². The van der Waals surface area contributed by atoms with E-state index >= 15 is 0 Å². The molecule has 0 heterocycles. The number of Topliss-reactive ketones (excluding diaryl/α,β-unsaturated/α-hetero) is 1. The van der Waals surface area contributed by atoms with Crippen molar-refractivity contribution in [3.63, 3.8) is 0 Å². The van der Waals surface area contributed by atoms with E-state index in [-0.39, 0.29) is 5.78 Å². The molecule has 0 unspecified atom stereocenters. The van der Waals surface area contributed by atoms with Gasteiger partial charge < -0.3 is 4.74 Å². The van der Waals surface area contributed by atoms with E-state index in [1.54, 1.807) is 18.9 Å². The molecule has 2 nitrogen and oxygen atoms in total. The molecule has 0 atom stereocenters. The molecule has 0 spiro atoms. The molecular weight excluding hydrogens is 244 g/mol. The molecule has 0 aliphatic carbocycles. The van der Waals surface area contributed by atoms with Gasteiger partial charge in [-0.15, -0.1) is 0 Å². The molecule has 0 bridgehead atoms. The fraction of sp³-hybridized carbons (Fsp3) is 0.533. The molecule has 1 aromatic carbocycles. The van der Waals surface area contributed by atoms with Crippen molar-refractivity contribution in [3.8, 4) is 0 Å². The zero-order valence-corrected chi connectivity index (χ0v) is 12.5. The fourth-order valence-corrected chi connectivity index (χ4v) is 2.62. The van der Waals surface area contributed by atoms with Gasteiger partial charge in [0.15, 0.2) is 5.78 Å². The first-order valence-electron chi connectivity index (χ1n) is 6.24. The van der Waals surface area contributed by atoms with E-state index in [2.05, 4.69) is 19.9 Å². The van der Waals surface area contributed by atoms with Crippen molar-refractivity contribution in [1.29, 1.82) is 0 Å². The van der Waals surface area contributed by atoms with Gasteiger partial charge in [-0.2, -0.15) is 11.8 Å². The summed E-state index contributed by atoms with van der Waals surface area (Å²) in [5.74, 6) is 1.77. The Kier molecular flexibility index (Phi) is 6.44. The Hall–Kier alpha value is -0.800. The quantitative estimate of drug-likeness (QED) is 0.557. The van der Waals surface area contributed by atoms with Gasteiger partial charge in [0.1, 0.15) is 0 Å². The number of benzene rings is 1. The van der Waals surface area contributed by atoms with Crippen LogP contribution in [0, 0.1) is 20.8 Å². The highest BCUT2D eigenvalue weighted by atomic mass is 32.2. The number of hydrogen-bond acceptors (Lipinski definition) is 3. The van der Waals surface area contributed by atoms with E-state index < -0.39 is 0 Å². The van der Waals surface area contributed by atoms with E-state index in [0.29, 0.717) is 5.75 Å². The van der Waals surface area contributed by atoms with Crippen LogP contribution in [0.5, 0.6) is 0 Å². The van der Waals surface area contributed by atoms with Crippen molar-refractivity contribution >= 4 is 17.5 Å². The van der Waals surface area contributed by atoms with Crippen molar-refractivity contribution in [2.75, 3.05) is 25.2 Å².